The van der Waals surface area contributed by atoms with Crippen molar-refractivity contribution in [1.82, 2.24) is 5.32 Å². The molecule has 2 aromatic rings. The second-order valence-electron chi connectivity index (χ2n) is 5.31. The van der Waals surface area contributed by atoms with Gasteiger partial charge >= 0.3 is 5.97 Å². The Morgan fingerprint density at radius 1 is 1.25 bits per heavy atom. The third-order valence-corrected chi connectivity index (χ3v) is 3.43. The van der Waals surface area contributed by atoms with Crippen LogP contribution in [0.5, 0.6) is 5.75 Å². The molecular weight excluding hydrogens is 312 g/mol. The minimum absolute atomic E-state index is 0.0380. The monoisotopic (exact) mass is 330 g/mol. The number of carboxylic acids is 1. The molecule has 0 aliphatic carbocycles. The average Bonchev–Trinajstić information content (AvgIpc) is 2.58. The maximum absolute atomic E-state index is 11.0. The van der Waals surface area contributed by atoms with Gasteiger partial charge in [-0.25, -0.2) is 4.79 Å². The summed E-state index contributed by atoms with van der Waals surface area (Å²) in [5.74, 6) is -0.416. The molecule has 0 aliphatic heterocycles. The van der Waals surface area contributed by atoms with Crippen molar-refractivity contribution >= 4 is 11.7 Å². The van der Waals surface area contributed by atoms with E-state index in [0.29, 0.717) is 24.5 Å². The smallest absolute Gasteiger partial charge is 0.335 e. The number of rotatable bonds is 8. The van der Waals surface area contributed by atoms with Crippen LogP contribution in [0.2, 0.25) is 0 Å². The third kappa shape index (κ3) is 4.79. The van der Waals surface area contributed by atoms with Crippen LogP contribution in [0, 0.1) is 10.1 Å². The van der Waals surface area contributed by atoms with E-state index >= 15 is 0 Å². The summed E-state index contributed by atoms with van der Waals surface area (Å²) in [5, 5.41) is 23.0. The molecule has 0 spiro atoms. The van der Waals surface area contributed by atoms with Gasteiger partial charge in [0.1, 0.15) is 12.4 Å². The highest BCUT2D eigenvalue weighted by atomic mass is 16.6. The van der Waals surface area contributed by atoms with E-state index in [1.807, 2.05) is 6.92 Å². The summed E-state index contributed by atoms with van der Waals surface area (Å²) < 4.78 is 5.58. The topological polar surface area (TPSA) is 102 Å². The molecule has 2 aromatic carbocycles. The predicted octanol–water partition coefficient (Wildman–Crippen LogP) is 2.85. The van der Waals surface area contributed by atoms with Crippen LogP contribution >= 0.6 is 0 Å². The van der Waals surface area contributed by atoms with Gasteiger partial charge in [0.05, 0.1) is 10.5 Å². The van der Waals surface area contributed by atoms with Crippen LogP contribution in [-0.4, -0.2) is 28.6 Å². The SMILES string of the molecule is CC(COc1ccc(C(=O)O)cc1)NCc1ccccc1[N+](=O)[O-]. The van der Waals surface area contributed by atoms with E-state index in [4.69, 9.17) is 9.84 Å². The van der Waals surface area contributed by atoms with E-state index in [-0.39, 0.29) is 17.3 Å². The van der Waals surface area contributed by atoms with Crippen molar-refractivity contribution in [2.45, 2.75) is 19.5 Å². The number of carboxylic acid groups (broad SMARTS) is 1. The van der Waals surface area contributed by atoms with Gasteiger partial charge in [0.15, 0.2) is 0 Å². The molecule has 126 valence electrons. The second-order valence-corrected chi connectivity index (χ2v) is 5.31. The van der Waals surface area contributed by atoms with Crippen molar-refractivity contribution < 1.29 is 19.6 Å². The summed E-state index contributed by atoms with van der Waals surface area (Å²) in [6.07, 6.45) is 0. The minimum atomic E-state index is -0.985. The molecule has 7 heteroatoms. The van der Waals surface area contributed by atoms with Crippen LogP contribution in [0.1, 0.15) is 22.8 Å². The number of nitro benzene ring substituents is 1. The number of nitrogens with zero attached hydrogens (tertiary/aromatic N) is 1. The predicted molar refractivity (Wildman–Crippen MR) is 88.3 cm³/mol. The lowest BCUT2D eigenvalue weighted by Crippen LogP contribution is -2.31. The lowest BCUT2D eigenvalue weighted by Gasteiger charge is -2.15. The lowest BCUT2D eigenvalue weighted by atomic mass is 10.1. The fourth-order valence-electron chi connectivity index (χ4n) is 2.10. The fraction of sp³-hybridized carbons (Fsp3) is 0.235. The first kappa shape index (κ1) is 17.4. The van der Waals surface area contributed by atoms with Gasteiger partial charge in [0.2, 0.25) is 0 Å². The standard InChI is InChI=1S/C17H18N2O5/c1-12(11-24-15-8-6-13(7-9-15)17(20)21)18-10-14-4-2-3-5-16(14)19(22)23/h2-9,12,18H,10-11H2,1H3,(H,20,21). The quantitative estimate of drug-likeness (QED) is 0.570. The van der Waals surface area contributed by atoms with Gasteiger partial charge in [0.25, 0.3) is 5.69 Å². The Labute approximate surface area is 139 Å². The van der Waals surface area contributed by atoms with Gasteiger partial charge in [-0.3, -0.25) is 10.1 Å². The molecule has 7 nitrogen and oxygen atoms in total. The number of ether oxygens (including phenoxy) is 1. The van der Waals surface area contributed by atoms with Gasteiger partial charge in [0, 0.05) is 24.2 Å². The summed E-state index contributed by atoms with van der Waals surface area (Å²) >= 11 is 0. The number of aromatic carboxylic acids is 1. The molecule has 2 N–H and O–H groups in total. The number of benzene rings is 2. The number of para-hydroxylation sites is 1. The number of carbonyl (C=O) groups is 1. The summed E-state index contributed by atoms with van der Waals surface area (Å²) in [7, 11) is 0. The molecule has 0 amide bonds. The zero-order valence-electron chi connectivity index (χ0n) is 13.1. The molecule has 0 aromatic heterocycles. The maximum atomic E-state index is 11.0. The Bertz CT molecular complexity index is 715. The first-order valence-corrected chi connectivity index (χ1v) is 7.39. The Kier molecular flexibility index (Phi) is 5.86. The van der Waals surface area contributed by atoms with Crippen LogP contribution in [-0.2, 0) is 6.54 Å². The van der Waals surface area contributed by atoms with Crippen LogP contribution in [0.3, 0.4) is 0 Å². The van der Waals surface area contributed by atoms with Crippen LogP contribution in [0.4, 0.5) is 5.69 Å². The van der Waals surface area contributed by atoms with Crippen molar-refractivity contribution in [2.24, 2.45) is 0 Å². The average molecular weight is 330 g/mol. The molecule has 24 heavy (non-hydrogen) atoms. The molecule has 2 rings (SSSR count). The molecule has 1 atom stereocenters. The van der Waals surface area contributed by atoms with Gasteiger partial charge < -0.3 is 15.2 Å². The molecule has 0 radical (unpaired) electrons. The Balaban J connectivity index is 1.84. The van der Waals surface area contributed by atoms with E-state index in [0.717, 1.165) is 0 Å². The summed E-state index contributed by atoms with van der Waals surface area (Å²) in [5.41, 5.74) is 0.896. The number of nitro groups is 1. The maximum Gasteiger partial charge on any atom is 0.335 e. The normalized spacial score (nSPS) is 11.7. The van der Waals surface area contributed by atoms with E-state index in [9.17, 15) is 14.9 Å². The van der Waals surface area contributed by atoms with E-state index < -0.39 is 10.9 Å². The first-order chi connectivity index (χ1) is 11.5. The molecule has 0 fully saturated rings. The van der Waals surface area contributed by atoms with Crippen LogP contribution in [0.15, 0.2) is 48.5 Å². The van der Waals surface area contributed by atoms with Crippen molar-refractivity contribution in [3.63, 3.8) is 0 Å². The Hall–Kier alpha value is -2.93. The highest BCUT2D eigenvalue weighted by Gasteiger charge is 2.13. The third-order valence-electron chi connectivity index (χ3n) is 3.43. The zero-order valence-corrected chi connectivity index (χ0v) is 13.1. The highest BCUT2D eigenvalue weighted by molar-refractivity contribution is 5.87. The first-order valence-electron chi connectivity index (χ1n) is 7.39. The zero-order chi connectivity index (χ0) is 17.5. The van der Waals surface area contributed by atoms with Crippen molar-refractivity contribution in [1.29, 1.82) is 0 Å². The lowest BCUT2D eigenvalue weighted by molar-refractivity contribution is -0.385. The van der Waals surface area contributed by atoms with Crippen molar-refractivity contribution in [3.05, 3.63) is 69.8 Å². The van der Waals surface area contributed by atoms with E-state index in [1.165, 1.54) is 18.2 Å². The number of hydrogen-bond donors (Lipinski definition) is 2. The van der Waals surface area contributed by atoms with Gasteiger partial charge in [-0.05, 0) is 31.2 Å². The van der Waals surface area contributed by atoms with Crippen molar-refractivity contribution in [3.8, 4) is 5.75 Å². The van der Waals surface area contributed by atoms with E-state index in [1.54, 1.807) is 30.3 Å². The van der Waals surface area contributed by atoms with Crippen LogP contribution < -0.4 is 10.1 Å². The van der Waals surface area contributed by atoms with Crippen LogP contribution in [0.25, 0.3) is 0 Å². The summed E-state index contributed by atoms with van der Waals surface area (Å²) in [6.45, 7) is 2.62. The molecule has 0 heterocycles. The second kappa shape index (κ2) is 8.07. The number of nitrogens with one attached hydrogen (secondary N) is 1. The Morgan fingerprint density at radius 2 is 1.92 bits per heavy atom. The van der Waals surface area contributed by atoms with E-state index in [2.05, 4.69) is 5.32 Å². The Morgan fingerprint density at radius 3 is 2.54 bits per heavy atom. The summed E-state index contributed by atoms with van der Waals surface area (Å²) in [6, 6.07) is 12.7. The molecule has 0 saturated carbocycles. The number of hydrogen-bond acceptors (Lipinski definition) is 5. The molecule has 0 aliphatic rings. The summed E-state index contributed by atoms with van der Waals surface area (Å²) in [4.78, 5) is 21.3. The highest BCUT2D eigenvalue weighted by Crippen LogP contribution is 2.17. The molecule has 0 bridgehead atoms. The molecule has 1 unspecified atom stereocenters. The van der Waals surface area contributed by atoms with Crippen molar-refractivity contribution in [2.75, 3.05) is 6.61 Å². The largest absolute Gasteiger partial charge is 0.492 e. The minimum Gasteiger partial charge on any atom is -0.492 e. The van der Waals surface area contributed by atoms with Gasteiger partial charge in [-0.15, -0.1) is 0 Å². The molecule has 0 saturated heterocycles. The van der Waals surface area contributed by atoms with Gasteiger partial charge in [-0.2, -0.15) is 0 Å². The van der Waals surface area contributed by atoms with Gasteiger partial charge in [-0.1, -0.05) is 18.2 Å². The fourth-order valence-corrected chi connectivity index (χ4v) is 2.10. The molecular formula is C17H18N2O5.